The van der Waals surface area contributed by atoms with Crippen LogP contribution in [0.5, 0.6) is 5.75 Å². The molecule has 0 spiro atoms. The summed E-state index contributed by atoms with van der Waals surface area (Å²) in [6.07, 6.45) is 3.64. The average molecular weight is 232 g/mol. The van der Waals surface area contributed by atoms with Crippen molar-refractivity contribution >= 4 is 0 Å². The van der Waals surface area contributed by atoms with Gasteiger partial charge in [0.2, 0.25) is 0 Å². The molecule has 90 valence electrons. The van der Waals surface area contributed by atoms with Crippen molar-refractivity contribution in [3.8, 4) is 5.75 Å². The Morgan fingerprint density at radius 1 is 1.41 bits per heavy atom. The minimum absolute atomic E-state index is 0.00121. The second kappa shape index (κ2) is 5.50. The van der Waals surface area contributed by atoms with Gasteiger partial charge in [-0.3, -0.25) is 4.68 Å². The molecule has 4 heteroatoms. The summed E-state index contributed by atoms with van der Waals surface area (Å²) in [5, 5.41) is 13.3. The van der Waals surface area contributed by atoms with Gasteiger partial charge in [-0.25, -0.2) is 0 Å². The summed E-state index contributed by atoms with van der Waals surface area (Å²) in [4.78, 5) is 0. The smallest absolute Gasteiger partial charge is 0.124 e. The fourth-order valence-electron chi connectivity index (χ4n) is 1.65. The first-order valence-electron chi connectivity index (χ1n) is 5.60. The molecule has 1 heterocycles. The van der Waals surface area contributed by atoms with E-state index in [1.54, 1.807) is 6.20 Å². The van der Waals surface area contributed by atoms with Gasteiger partial charge in [-0.2, -0.15) is 5.10 Å². The average Bonchev–Trinajstić information content (AvgIpc) is 2.84. The van der Waals surface area contributed by atoms with Crippen molar-refractivity contribution in [2.45, 2.75) is 20.1 Å². The molecule has 0 fully saturated rings. The van der Waals surface area contributed by atoms with Crippen LogP contribution < -0.4 is 4.74 Å². The van der Waals surface area contributed by atoms with E-state index in [-0.39, 0.29) is 6.61 Å². The molecule has 0 amide bonds. The summed E-state index contributed by atoms with van der Waals surface area (Å²) in [6, 6.07) is 7.68. The molecule has 2 rings (SSSR count). The van der Waals surface area contributed by atoms with Gasteiger partial charge in [0.05, 0.1) is 13.2 Å². The summed E-state index contributed by atoms with van der Waals surface area (Å²) >= 11 is 0. The van der Waals surface area contributed by atoms with E-state index in [1.807, 2.05) is 42.1 Å². The Balaban J connectivity index is 1.94. The highest BCUT2D eigenvalue weighted by molar-refractivity contribution is 5.36. The van der Waals surface area contributed by atoms with Crippen LogP contribution in [-0.4, -0.2) is 21.5 Å². The van der Waals surface area contributed by atoms with Gasteiger partial charge in [0, 0.05) is 18.0 Å². The fraction of sp³-hybridized carbons (Fsp3) is 0.308. The molecule has 0 radical (unpaired) electrons. The molecule has 2 aromatic rings. The maximum absolute atomic E-state index is 9.23. The van der Waals surface area contributed by atoms with Crippen LogP contribution >= 0.6 is 0 Å². The highest BCUT2D eigenvalue weighted by atomic mass is 16.5. The number of hydrogen-bond acceptors (Lipinski definition) is 3. The number of rotatable bonds is 5. The van der Waals surface area contributed by atoms with E-state index < -0.39 is 0 Å². The number of hydrogen-bond donors (Lipinski definition) is 1. The maximum Gasteiger partial charge on any atom is 0.124 e. The molecule has 0 atom stereocenters. The fourth-order valence-corrected chi connectivity index (χ4v) is 1.65. The Kier molecular flexibility index (Phi) is 3.77. The van der Waals surface area contributed by atoms with E-state index in [9.17, 15) is 5.11 Å². The number of ether oxygens (including phenoxy) is 1. The van der Waals surface area contributed by atoms with E-state index in [4.69, 9.17) is 4.74 Å². The zero-order valence-corrected chi connectivity index (χ0v) is 9.84. The molecule has 17 heavy (non-hydrogen) atoms. The summed E-state index contributed by atoms with van der Waals surface area (Å²) in [7, 11) is 0. The molecule has 0 bridgehead atoms. The minimum atomic E-state index is -0.00121. The van der Waals surface area contributed by atoms with Gasteiger partial charge >= 0.3 is 0 Å². The van der Waals surface area contributed by atoms with Crippen LogP contribution in [0.2, 0.25) is 0 Å². The SMILES string of the molecule is Cc1ccc(OCCn2cccn2)c(CO)c1. The Morgan fingerprint density at radius 3 is 3.00 bits per heavy atom. The molecule has 0 saturated heterocycles. The van der Waals surface area contributed by atoms with E-state index in [1.165, 1.54) is 0 Å². The first kappa shape index (κ1) is 11.7. The number of aryl methyl sites for hydroxylation is 1. The highest BCUT2D eigenvalue weighted by Gasteiger charge is 2.03. The molecule has 0 unspecified atom stereocenters. The number of aliphatic hydroxyl groups is 1. The van der Waals surface area contributed by atoms with Gasteiger partial charge in [-0.15, -0.1) is 0 Å². The summed E-state index contributed by atoms with van der Waals surface area (Å²) in [6.45, 7) is 3.23. The molecule has 0 aliphatic heterocycles. The molecular formula is C13H16N2O2. The van der Waals surface area contributed by atoms with Gasteiger partial charge < -0.3 is 9.84 Å². The molecule has 1 N–H and O–H groups in total. The summed E-state index contributed by atoms with van der Waals surface area (Å²) in [5.41, 5.74) is 1.94. The third-order valence-corrected chi connectivity index (χ3v) is 2.52. The van der Waals surface area contributed by atoms with Crippen molar-refractivity contribution < 1.29 is 9.84 Å². The van der Waals surface area contributed by atoms with Crippen LogP contribution in [0.3, 0.4) is 0 Å². The van der Waals surface area contributed by atoms with E-state index in [2.05, 4.69) is 5.10 Å². The second-order valence-corrected chi connectivity index (χ2v) is 3.89. The Morgan fingerprint density at radius 2 is 2.29 bits per heavy atom. The Bertz CT molecular complexity index is 466. The lowest BCUT2D eigenvalue weighted by atomic mass is 10.1. The largest absolute Gasteiger partial charge is 0.491 e. The summed E-state index contributed by atoms with van der Waals surface area (Å²) < 4.78 is 7.45. The number of aliphatic hydroxyl groups excluding tert-OH is 1. The molecule has 1 aromatic carbocycles. The lowest BCUT2D eigenvalue weighted by Crippen LogP contribution is -2.09. The Hall–Kier alpha value is -1.81. The molecule has 1 aromatic heterocycles. The van der Waals surface area contributed by atoms with Crippen molar-refractivity contribution in [1.82, 2.24) is 9.78 Å². The van der Waals surface area contributed by atoms with Gasteiger partial charge in [0.25, 0.3) is 0 Å². The van der Waals surface area contributed by atoms with Gasteiger partial charge in [0.1, 0.15) is 12.4 Å². The number of aromatic nitrogens is 2. The zero-order valence-electron chi connectivity index (χ0n) is 9.84. The molecule has 0 saturated carbocycles. The first-order valence-corrected chi connectivity index (χ1v) is 5.60. The Labute approximate surface area is 100 Å². The minimum Gasteiger partial charge on any atom is -0.491 e. The normalized spacial score (nSPS) is 10.5. The lowest BCUT2D eigenvalue weighted by molar-refractivity contribution is 0.255. The van der Waals surface area contributed by atoms with Gasteiger partial charge in [-0.1, -0.05) is 17.7 Å². The monoisotopic (exact) mass is 232 g/mol. The van der Waals surface area contributed by atoms with Crippen molar-refractivity contribution in [2.75, 3.05) is 6.61 Å². The molecular weight excluding hydrogens is 216 g/mol. The molecule has 0 aliphatic carbocycles. The van der Waals surface area contributed by atoms with Crippen LogP contribution in [0.4, 0.5) is 0 Å². The van der Waals surface area contributed by atoms with Crippen molar-refractivity contribution in [1.29, 1.82) is 0 Å². The quantitative estimate of drug-likeness (QED) is 0.854. The van der Waals surface area contributed by atoms with Gasteiger partial charge in [-0.05, 0) is 19.1 Å². The standard InChI is InChI=1S/C13H16N2O2/c1-11-3-4-13(12(9-11)10-16)17-8-7-15-6-2-5-14-15/h2-6,9,16H,7-8,10H2,1H3. The van der Waals surface area contributed by atoms with E-state index >= 15 is 0 Å². The maximum atomic E-state index is 9.23. The first-order chi connectivity index (χ1) is 8.29. The van der Waals surface area contributed by atoms with Crippen LogP contribution in [0.1, 0.15) is 11.1 Å². The van der Waals surface area contributed by atoms with Crippen molar-refractivity contribution in [3.05, 3.63) is 47.8 Å². The van der Waals surface area contributed by atoms with Crippen molar-refractivity contribution in [2.24, 2.45) is 0 Å². The van der Waals surface area contributed by atoms with E-state index in [0.29, 0.717) is 13.2 Å². The van der Waals surface area contributed by atoms with Crippen molar-refractivity contribution in [3.63, 3.8) is 0 Å². The number of benzene rings is 1. The van der Waals surface area contributed by atoms with Gasteiger partial charge in [0.15, 0.2) is 0 Å². The third-order valence-electron chi connectivity index (χ3n) is 2.52. The van der Waals surface area contributed by atoms with Crippen LogP contribution in [0, 0.1) is 6.92 Å². The third kappa shape index (κ3) is 3.07. The topological polar surface area (TPSA) is 47.3 Å². The highest BCUT2D eigenvalue weighted by Crippen LogP contribution is 2.19. The lowest BCUT2D eigenvalue weighted by Gasteiger charge is -2.10. The zero-order chi connectivity index (χ0) is 12.1. The summed E-state index contributed by atoms with van der Waals surface area (Å²) in [5.74, 6) is 0.741. The molecule has 4 nitrogen and oxygen atoms in total. The predicted molar refractivity (Wildman–Crippen MR) is 64.8 cm³/mol. The van der Waals surface area contributed by atoms with Crippen LogP contribution in [0.25, 0.3) is 0 Å². The van der Waals surface area contributed by atoms with Crippen LogP contribution in [-0.2, 0) is 13.2 Å². The second-order valence-electron chi connectivity index (χ2n) is 3.89. The van der Waals surface area contributed by atoms with E-state index in [0.717, 1.165) is 16.9 Å². The molecule has 0 aliphatic rings. The predicted octanol–water partition coefficient (Wildman–Crippen LogP) is 1.76. The number of nitrogens with zero attached hydrogens (tertiary/aromatic N) is 2. The van der Waals surface area contributed by atoms with Crippen LogP contribution in [0.15, 0.2) is 36.7 Å².